The van der Waals surface area contributed by atoms with Gasteiger partial charge in [0.25, 0.3) is 0 Å². The van der Waals surface area contributed by atoms with Gasteiger partial charge < -0.3 is 5.32 Å². The van der Waals surface area contributed by atoms with Crippen LogP contribution in [0.3, 0.4) is 0 Å². The molecule has 0 aromatic heterocycles. The minimum absolute atomic E-state index is 0.153. The lowest BCUT2D eigenvalue weighted by molar-refractivity contribution is 0.541. The Morgan fingerprint density at radius 3 is 2.64 bits per heavy atom. The van der Waals surface area contributed by atoms with Gasteiger partial charge in [0.2, 0.25) is 0 Å². The van der Waals surface area contributed by atoms with Gasteiger partial charge >= 0.3 is 0 Å². The van der Waals surface area contributed by atoms with Gasteiger partial charge in [0, 0.05) is 11.5 Å². The summed E-state index contributed by atoms with van der Waals surface area (Å²) >= 11 is 0. The molecule has 1 aromatic carbocycles. The molecule has 0 heterocycles. The highest BCUT2D eigenvalue weighted by Crippen LogP contribution is 2.50. The van der Waals surface area contributed by atoms with E-state index >= 15 is 0 Å². The zero-order chi connectivity index (χ0) is 10.2. The van der Waals surface area contributed by atoms with Gasteiger partial charge in [-0.2, -0.15) is 0 Å². The maximum atomic E-state index is 12.7. The zero-order valence-electron chi connectivity index (χ0n) is 8.68. The van der Waals surface area contributed by atoms with Gasteiger partial charge in [-0.15, -0.1) is 0 Å². The topological polar surface area (TPSA) is 12.0 Å². The van der Waals surface area contributed by atoms with Crippen LogP contribution >= 0.6 is 0 Å². The van der Waals surface area contributed by atoms with Gasteiger partial charge in [-0.3, -0.25) is 0 Å². The van der Waals surface area contributed by atoms with Gasteiger partial charge in [-0.1, -0.05) is 19.1 Å². The lowest BCUT2D eigenvalue weighted by Crippen LogP contribution is -2.29. The van der Waals surface area contributed by atoms with Crippen molar-refractivity contribution in [3.63, 3.8) is 0 Å². The van der Waals surface area contributed by atoms with Crippen molar-refractivity contribution in [1.29, 1.82) is 0 Å². The van der Waals surface area contributed by atoms with E-state index < -0.39 is 0 Å². The van der Waals surface area contributed by atoms with E-state index in [9.17, 15) is 4.39 Å². The number of halogens is 1. The second-order valence-electron chi connectivity index (χ2n) is 4.26. The molecule has 0 amide bonds. The Hall–Kier alpha value is -0.890. The first kappa shape index (κ1) is 9.66. The molecule has 0 unspecified atom stereocenters. The standard InChI is InChI=1S/C12H16FN/c1-3-14-12(2)8-11(12)9-4-6-10(13)7-5-9/h4-7,11,14H,3,8H2,1-2H3/t11-,12+/m0/s1. The molecule has 0 spiro atoms. The smallest absolute Gasteiger partial charge is 0.123 e. The van der Waals surface area contributed by atoms with E-state index in [-0.39, 0.29) is 11.4 Å². The summed E-state index contributed by atoms with van der Waals surface area (Å²) in [6, 6.07) is 6.87. The third-order valence-electron chi connectivity index (χ3n) is 3.09. The monoisotopic (exact) mass is 193 g/mol. The van der Waals surface area contributed by atoms with E-state index in [0.717, 1.165) is 13.0 Å². The Bertz CT molecular complexity index is 320. The van der Waals surface area contributed by atoms with Crippen molar-refractivity contribution in [3.8, 4) is 0 Å². The number of hydrogen-bond acceptors (Lipinski definition) is 1. The maximum absolute atomic E-state index is 12.7. The fourth-order valence-electron chi connectivity index (χ4n) is 2.15. The molecule has 2 heteroatoms. The van der Waals surface area contributed by atoms with Crippen LogP contribution in [-0.2, 0) is 0 Å². The van der Waals surface area contributed by atoms with E-state index in [1.807, 2.05) is 12.1 Å². The molecule has 76 valence electrons. The Morgan fingerprint density at radius 1 is 1.43 bits per heavy atom. The molecule has 0 saturated heterocycles. The van der Waals surface area contributed by atoms with E-state index in [0.29, 0.717) is 5.92 Å². The molecule has 0 aliphatic heterocycles. The van der Waals surface area contributed by atoms with Crippen LogP contribution < -0.4 is 5.32 Å². The molecule has 1 N–H and O–H groups in total. The maximum Gasteiger partial charge on any atom is 0.123 e. The van der Waals surface area contributed by atoms with Crippen LogP contribution in [-0.4, -0.2) is 12.1 Å². The second-order valence-corrected chi connectivity index (χ2v) is 4.26. The highest BCUT2D eigenvalue weighted by molar-refractivity contribution is 5.32. The fraction of sp³-hybridized carbons (Fsp3) is 0.500. The Kier molecular flexibility index (Phi) is 2.31. The predicted molar refractivity (Wildman–Crippen MR) is 55.8 cm³/mol. The van der Waals surface area contributed by atoms with Crippen molar-refractivity contribution in [2.45, 2.75) is 31.7 Å². The van der Waals surface area contributed by atoms with Crippen molar-refractivity contribution in [3.05, 3.63) is 35.6 Å². The van der Waals surface area contributed by atoms with Gasteiger partial charge in [-0.05, 0) is 37.6 Å². The van der Waals surface area contributed by atoms with E-state index in [1.54, 1.807) is 12.1 Å². The molecular weight excluding hydrogens is 177 g/mol. The van der Waals surface area contributed by atoms with Crippen LogP contribution in [0, 0.1) is 5.82 Å². The minimum Gasteiger partial charge on any atom is -0.311 e. The van der Waals surface area contributed by atoms with Gasteiger partial charge in [0.05, 0.1) is 0 Å². The van der Waals surface area contributed by atoms with Crippen LogP contribution in [0.1, 0.15) is 31.7 Å². The average molecular weight is 193 g/mol. The Labute approximate surface area is 84.3 Å². The lowest BCUT2D eigenvalue weighted by atomic mass is 10.1. The zero-order valence-corrected chi connectivity index (χ0v) is 8.68. The van der Waals surface area contributed by atoms with Gasteiger partial charge in [0.15, 0.2) is 0 Å². The van der Waals surface area contributed by atoms with Crippen molar-refractivity contribution in [2.75, 3.05) is 6.54 Å². The summed E-state index contributed by atoms with van der Waals surface area (Å²) in [6.45, 7) is 5.34. The summed E-state index contributed by atoms with van der Waals surface area (Å²) in [7, 11) is 0. The van der Waals surface area contributed by atoms with Crippen LogP contribution in [0.15, 0.2) is 24.3 Å². The normalized spacial score (nSPS) is 30.4. The molecule has 0 bridgehead atoms. The third-order valence-corrected chi connectivity index (χ3v) is 3.09. The highest BCUT2D eigenvalue weighted by atomic mass is 19.1. The molecular formula is C12H16FN. The van der Waals surface area contributed by atoms with E-state index in [4.69, 9.17) is 0 Å². The van der Waals surface area contributed by atoms with E-state index in [2.05, 4.69) is 19.2 Å². The summed E-state index contributed by atoms with van der Waals surface area (Å²) in [5.74, 6) is 0.405. The molecule has 2 atom stereocenters. The Morgan fingerprint density at radius 2 is 2.07 bits per heavy atom. The number of nitrogens with one attached hydrogen (secondary N) is 1. The molecule has 1 nitrogen and oxygen atoms in total. The van der Waals surface area contributed by atoms with Gasteiger partial charge in [0.1, 0.15) is 5.82 Å². The second kappa shape index (κ2) is 3.35. The molecule has 1 aromatic rings. The highest BCUT2D eigenvalue weighted by Gasteiger charge is 2.49. The number of rotatable bonds is 3. The van der Waals surface area contributed by atoms with Crippen molar-refractivity contribution >= 4 is 0 Å². The molecule has 2 rings (SSSR count). The number of benzene rings is 1. The first-order valence-electron chi connectivity index (χ1n) is 5.16. The number of likely N-dealkylation sites (N-methyl/N-ethyl adjacent to an activating group) is 1. The quantitative estimate of drug-likeness (QED) is 0.778. The van der Waals surface area contributed by atoms with Crippen LogP contribution in [0.25, 0.3) is 0 Å². The summed E-state index contributed by atoms with van der Waals surface area (Å²) in [5.41, 5.74) is 1.49. The van der Waals surface area contributed by atoms with Crippen molar-refractivity contribution < 1.29 is 4.39 Å². The summed E-state index contributed by atoms with van der Waals surface area (Å²) in [5, 5.41) is 3.47. The first-order valence-corrected chi connectivity index (χ1v) is 5.16. The summed E-state index contributed by atoms with van der Waals surface area (Å²) in [6.07, 6.45) is 1.16. The minimum atomic E-state index is -0.153. The van der Waals surface area contributed by atoms with Crippen LogP contribution in [0.4, 0.5) is 4.39 Å². The Balaban J connectivity index is 2.09. The van der Waals surface area contributed by atoms with Crippen molar-refractivity contribution in [2.24, 2.45) is 0 Å². The number of hydrogen-bond donors (Lipinski definition) is 1. The summed E-state index contributed by atoms with van der Waals surface area (Å²) in [4.78, 5) is 0. The van der Waals surface area contributed by atoms with Crippen LogP contribution in [0.2, 0.25) is 0 Å². The van der Waals surface area contributed by atoms with Gasteiger partial charge in [-0.25, -0.2) is 4.39 Å². The largest absolute Gasteiger partial charge is 0.311 e. The third kappa shape index (κ3) is 1.67. The molecule has 14 heavy (non-hydrogen) atoms. The predicted octanol–water partition coefficient (Wildman–Crippen LogP) is 2.68. The fourth-order valence-corrected chi connectivity index (χ4v) is 2.15. The first-order chi connectivity index (χ1) is 6.65. The molecule has 1 aliphatic rings. The molecule has 1 saturated carbocycles. The SMILES string of the molecule is CCN[C@]1(C)C[C@H]1c1ccc(F)cc1. The molecule has 0 radical (unpaired) electrons. The van der Waals surface area contributed by atoms with E-state index in [1.165, 1.54) is 5.56 Å². The van der Waals surface area contributed by atoms with Crippen molar-refractivity contribution in [1.82, 2.24) is 5.32 Å². The molecule has 1 fully saturated rings. The average Bonchev–Trinajstić information content (AvgIpc) is 2.80. The van der Waals surface area contributed by atoms with Crippen LogP contribution in [0.5, 0.6) is 0 Å². The lowest BCUT2D eigenvalue weighted by Gasteiger charge is -2.11. The summed E-state index contributed by atoms with van der Waals surface area (Å²) < 4.78 is 12.7. The molecule has 1 aliphatic carbocycles.